The molecule has 16 heteroatoms. The number of rotatable bonds is 14. The fraction of sp³-hybridized carbons (Fsp3) is 0.450. The van der Waals surface area contributed by atoms with Crippen LogP contribution in [-0.4, -0.2) is 74.2 Å². The second-order valence-corrected chi connectivity index (χ2v) is 18.1. The number of hydroxylamine groups is 2. The van der Waals surface area contributed by atoms with E-state index in [0.29, 0.717) is 33.5 Å². The van der Waals surface area contributed by atoms with Gasteiger partial charge in [-0.2, -0.15) is 0 Å². The van der Waals surface area contributed by atoms with Gasteiger partial charge in [-0.3, -0.25) is 9.59 Å². The highest BCUT2D eigenvalue weighted by atomic mass is 32.2. The van der Waals surface area contributed by atoms with Crippen LogP contribution < -0.4 is 14.8 Å². The van der Waals surface area contributed by atoms with Gasteiger partial charge >= 0.3 is 5.97 Å². The molecule has 0 radical (unpaired) electrons. The summed E-state index contributed by atoms with van der Waals surface area (Å²) in [5.41, 5.74) is 2.24. The smallest absolute Gasteiger partial charge is 0.333 e. The summed E-state index contributed by atoms with van der Waals surface area (Å²) in [5.74, 6) is -1.45. The first-order chi connectivity index (χ1) is 26.2. The van der Waals surface area contributed by atoms with Crippen molar-refractivity contribution in [2.24, 2.45) is 0 Å². The van der Waals surface area contributed by atoms with Gasteiger partial charge in [0.15, 0.2) is 0 Å². The number of amides is 2. The molecule has 0 aromatic heterocycles. The molecule has 1 fully saturated rings. The van der Waals surface area contributed by atoms with Crippen LogP contribution in [0.25, 0.3) is 17.4 Å². The first-order valence-corrected chi connectivity index (χ1v) is 21.6. The second kappa shape index (κ2) is 16.5. The van der Waals surface area contributed by atoms with E-state index in [9.17, 15) is 40.3 Å². The van der Waals surface area contributed by atoms with Crippen LogP contribution in [0.3, 0.4) is 0 Å². The summed E-state index contributed by atoms with van der Waals surface area (Å²) in [6.45, 7) is 14.0. The Morgan fingerprint density at radius 2 is 1.66 bits per heavy atom. The van der Waals surface area contributed by atoms with Crippen LogP contribution in [0.1, 0.15) is 97.0 Å². The summed E-state index contributed by atoms with van der Waals surface area (Å²) in [5, 5.41) is 1.49. The van der Waals surface area contributed by atoms with Gasteiger partial charge in [0.05, 0.1) is 21.1 Å². The Morgan fingerprint density at radius 3 is 2.27 bits per heavy atom. The summed E-state index contributed by atoms with van der Waals surface area (Å²) in [7, 11) is -9.44. The highest BCUT2D eigenvalue weighted by molar-refractivity contribution is 7.86. The molecule has 0 spiro atoms. The molecule has 1 aliphatic carbocycles. The maximum absolute atomic E-state index is 12.8. The molecular weight excluding hydrogens is 763 g/mol. The first-order valence-electron chi connectivity index (χ1n) is 18.6. The van der Waals surface area contributed by atoms with Gasteiger partial charge in [0, 0.05) is 60.0 Å². The normalized spacial score (nSPS) is 18.5. The molecule has 1 aromatic carbocycles. The van der Waals surface area contributed by atoms with Crippen LogP contribution in [-0.2, 0) is 50.3 Å². The standard InChI is InChI=1S/C40H49N3O11S2/c1-7-41(8-2)27-15-17-30-31(39(3,4)5)25-28(53-34(30)24-27)12-9-13-35-40(6,21-10-14-38(46)54-43-36(44)19-20-37(43)45)32-26-29(56(50,51)52)16-18-33(32)42(35)22-11-23-55(47,48)49/h9,12-13,15-18,24-26H,7-8,10-11,14,19-23H2,1-6H3,(H-,47,48,49,50,51,52)/p-1. The summed E-state index contributed by atoms with van der Waals surface area (Å²) in [6.07, 6.45) is 5.27. The maximum Gasteiger partial charge on any atom is 0.333 e. The number of anilines is 1. The molecule has 4 aliphatic rings. The number of nitrogens with zero attached hydrogens (tertiary/aromatic N) is 3. The highest BCUT2D eigenvalue weighted by Gasteiger charge is 2.43. The van der Waals surface area contributed by atoms with Crippen molar-refractivity contribution in [3.05, 3.63) is 82.6 Å². The fourth-order valence-electron chi connectivity index (χ4n) is 7.40. The van der Waals surface area contributed by atoms with Gasteiger partial charge in [-0.05, 0) is 99.1 Å². The SMILES string of the molecule is CC[N+](CC)=c1ccc2c(C(C)(C)C)cc(/C=C/C=C3\N(CCCS(=O)(=O)[O-])c4ccc(S(=O)(=O)[O-])cc4C3(C)CCCC(=O)ON3C(=O)CCC3=O)oc-2c1. The van der Waals surface area contributed by atoms with Gasteiger partial charge < -0.3 is 23.3 Å². The van der Waals surface area contributed by atoms with E-state index in [1.165, 1.54) is 18.2 Å². The minimum absolute atomic E-state index is 0.0527. The van der Waals surface area contributed by atoms with Crippen molar-refractivity contribution in [2.45, 2.75) is 95.8 Å². The number of carbonyl (C=O) groups excluding carboxylic acids is 3. The lowest BCUT2D eigenvalue weighted by Crippen LogP contribution is -2.32. The molecule has 56 heavy (non-hydrogen) atoms. The van der Waals surface area contributed by atoms with Gasteiger partial charge in [0.2, 0.25) is 5.36 Å². The third-order valence-electron chi connectivity index (χ3n) is 10.3. The molecule has 302 valence electrons. The molecule has 3 heterocycles. The minimum atomic E-state index is -4.88. The topological polar surface area (TPSA) is 197 Å². The molecule has 3 aliphatic heterocycles. The quantitative estimate of drug-likeness (QED) is 0.123. The molecule has 0 N–H and O–H groups in total. The third kappa shape index (κ3) is 9.48. The van der Waals surface area contributed by atoms with Crippen molar-refractivity contribution in [2.75, 3.05) is 30.3 Å². The lowest BCUT2D eigenvalue weighted by atomic mass is 9.77. The summed E-state index contributed by atoms with van der Waals surface area (Å²) < 4.78 is 80.0. The highest BCUT2D eigenvalue weighted by Crippen LogP contribution is 2.51. The minimum Gasteiger partial charge on any atom is -0.748 e. The van der Waals surface area contributed by atoms with Crippen LogP contribution in [0.15, 0.2) is 69.6 Å². The summed E-state index contributed by atoms with van der Waals surface area (Å²) >= 11 is 0. The summed E-state index contributed by atoms with van der Waals surface area (Å²) in [4.78, 5) is 43.1. The average Bonchev–Trinajstić information content (AvgIpc) is 3.54. The zero-order chi connectivity index (χ0) is 41.2. The van der Waals surface area contributed by atoms with Crippen molar-refractivity contribution in [1.29, 1.82) is 0 Å². The van der Waals surface area contributed by atoms with Crippen LogP contribution in [0.4, 0.5) is 5.69 Å². The van der Waals surface area contributed by atoms with Crippen molar-refractivity contribution in [3.8, 4) is 11.3 Å². The van der Waals surface area contributed by atoms with E-state index in [2.05, 4.69) is 51.3 Å². The number of benzene rings is 2. The van der Waals surface area contributed by atoms with Crippen LogP contribution in [0.2, 0.25) is 0 Å². The molecule has 0 saturated carbocycles. The van der Waals surface area contributed by atoms with Crippen LogP contribution >= 0.6 is 0 Å². The van der Waals surface area contributed by atoms with Gasteiger partial charge in [-0.15, -0.1) is 5.06 Å². The molecular formula is C40H48N3O11S2-. The molecule has 5 rings (SSSR count). The van der Waals surface area contributed by atoms with Crippen molar-refractivity contribution in [1.82, 2.24) is 9.64 Å². The Labute approximate surface area is 327 Å². The number of carbonyl (C=O) groups is 3. The Morgan fingerprint density at radius 1 is 0.982 bits per heavy atom. The lowest BCUT2D eigenvalue weighted by molar-refractivity contribution is -0.197. The van der Waals surface area contributed by atoms with Gasteiger partial charge in [-0.25, -0.2) is 26.2 Å². The lowest BCUT2D eigenvalue weighted by Gasteiger charge is -2.30. The molecule has 14 nitrogen and oxygen atoms in total. The fourth-order valence-corrected chi connectivity index (χ4v) is 8.38. The van der Waals surface area contributed by atoms with Gasteiger partial charge in [-0.1, -0.05) is 26.8 Å². The van der Waals surface area contributed by atoms with Gasteiger partial charge in [0.1, 0.15) is 34.7 Å². The van der Waals surface area contributed by atoms with E-state index >= 15 is 0 Å². The molecule has 1 aromatic rings. The average molecular weight is 811 g/mol. The Hall–Kier alpha value is -4.64. The molecule has 1 saturated heterocycles. The third-order valence-corrected chi connectivity index (χ3v) is 11.9. The van der Waals surface area contributed by atoms with E-state index in [1.807, 2.05) is 19.1 Å². The summed E-state index contributed by atoms with van der Waals surface area (Å²) in [6, 6.07) is 12.1. The van der Waals surface area contributed by atoms with E-state index in [1.54, 1.807) is 23.1 Å². The zero-order valence-corrected chi connectivity index (χ0v) is 34.1. The van der Waals surface area contributed by atoms with Crippen molar-refractivity contribution >= 4 is 49.8 Å². The Balaban J connectivity index is 1.59. The molecule has 1 atom stereocenters. The molecule has 2 amide bonds. The van der Waals surface area contributed by atoms with Crippen molar-refractivity contribution in [3.63, 3.8) is 0 Å². The Kier molecular flexibility index (Phi) is 12.5. The van der Waals surface area contributed by atoms with E-state index in [4.69, 9.17) is 9.25 Å². The monoisotopic (exact) mass is 810 g/mol. The van der Waals surface area contributed by atoms with E-state index in [0.717, 1.165) is 29.6 Å². The number of fused-ring (bicyclic) bond motifs is 2. The number of hydrogen-bond acceptors (Lipinski definition) is 12. The zero-order valence-electron chi connectivity index (χ0n) is 32.5. The van der Waals surface area contributed by atoms with Gasteiger partial charge in [0.25, 0.3) is 11.8 Å². The first kappa shape index (κ1) is 42.5. The van der Waals surface area contributed by atoms with E-state index < -0.39 is 54.1 Å². The number of hydrogen-bond donors (Lipinski definition) is 0. The Bertz CT molecular complexity index is 2330. The largest absolute Gasteiger partial charge is 0.748 e. The van der Waals surface area contributed by atoms with Crippen LogP contribution in [0.5, 0.6) is 0 Å². The predicted molar refractivity (Wildman–Crippen MR) is 207 cm³/mol. The van der Waals surface area contributed by atoms with E-state index in [-0.39, 0.29) is 50.5 Å². The second-order valence-electron chi connectivity index (χ2n) is 15.2. The van der Waals surface area contributed by atoms with Crippen LogP contribution in [0, 0.1) is 0 Å². The van der Waals surface area contributed by atoms with Crippen molar-refractivity contribution < 1.29 is 49.6 Å². The molecule has 0 bridgehead atoms. The number of allylic oxidation sites excluding steroid dienone is 3. The molecule has 1 unspecified atom stereocenters. The number of imide groups is 1. The predicted octanol–water partition coefficient (Wildman–Crippen LogP) is 4.79. The maximum atomic E-state index is 12.8.